The molecule has 40 heavy (non-hydrogen) atoms. The van der Waals surface area contributed by atoms with E-state index in [9.17, 15) is 18.0 Å². The Balaban J connectivity index is 2.04. The van der Waals surface area contributed by atoms with Crippen LogP contribution < -0.4 is 14.4 Å². The highest BCUT2D eigenvalue weighted by atomic mass is 32.2. The van der Waals surface area contributed by atoms with E-state index in [2.05, 4.69) is 5.32 Å². The number of hydrogen-bond donors (Lipinski definition) is 1. The van der Waals surface area contributed by atoms with Crippen molar-refractivity contribution in [2.24, 2.45) is 0 Å². The van der Waals surface area contributed by atoms with Crippen LogP contribution in [0.2, 0.25) is 0 Å². The smallest absolute Gasteiger partial charge is 0.264 e. The number of anilines is 1. The minimum Gasteiger partial charge on any atom is -0.497 e. The van der Waals surface area contributed by atoms with Gasteiger partial charge in [0.2, 0.25) is 11.8 Å². The topological polar surface area (TPSA) is 96.0 Å². The van der Waals surface area contributed by atoms with Crippen LogP contribution in [0.3, 0.4) is 0 Å². The van der Waals surface area contributed by atoms with E-state index in [-0.39, 0.29) is 17.3 Å². The first-order valence-electron chi connectivity index (χ1n) is 13.4. The Hall–Kier alpha value is -3.85. The van der Waals surface area contributed by atoms with Crippen molar-refractivity contribution in [2.75, 3.05) is 24.5 Å². The second-order valence-corrected chi connectivity index (χ2v) is 11.6. The molecule has 0 heterocycles. The monoisotopic (exact) mass is 565 g/mol. The molecule has 1 unspecified atom stereocenters. The zero-order valence-corrected chi connectivity index (χ0v) is 24.7. The van der Waals surface area contributed by atoms with E-state index in [4.69, 9.17) is 4.74 Å². The highest BCUT2D eigenvalue weighted by Crippen LogP contribution is 2.29. The Labute approximate surface area is 238 Å². The number of nitrogens with one attached hydrogen (secondary N) is 1. The summed E-state index contributed by atoms with van der Waals surface area (Å²) in [7, 11) is -2.55. The van der Waals surface area contributed by atoms with E-state index in [0.717, 1.165) is 33.8 Å². The van der Waals surface area contributed by atoms with Crippen molar-refractivity contribution in [1.82, 2.24) is 10.2 Å². The molecule has 1 N–H and O–H groups in total. The fourth-order valence-corrected chi connectivity index (χ4v) is 5.82. The van der Waals surface area contributed by atoms with Gasteiger partial charge in [-0.3, -0.25) is 13.9 Å². The summed E-state index contributed by atoms with van der Waals surface area (Å²) in [5, 5.41) is 2.90. The van der Waals surface area contributed by atoms with E-state index < -0.39 is 28.5 Å². The number of aryl methyl sites for hydroxylation is 1. The van der Waals surface area contributed by atoms with Crippen molar-refractivity contribution in [3.05, 3.63) is 89.5 Å². The number of ether oxygens (including phenoxy) is 1. The van der Waals surface area contributed by atoms with Crippen LogP contribution in [0.15, 0.2) is 77.7 Å². The Kier molecular flexibility index (Phi) is 10.7. The molecule has 3 aromatic carbocycles. The number of amides is 2. The molecule has 0 bridgehead atoms. The Bertz CT molecular complexity index is 1410. The Morgan fingerprint density at radius 2 is 1.68 bits per heavy atom. The van der Waals surface area contributed by atoms with Gasteiger partial charge in [0.25, 0.3) is 10.0 Å². The Morgan fingerprint density at radius 3 is 2.35 bits per heavy atom. The second kappa shape index (κ2) is 14.0. The van der Waals surface area contributed by atoms with Crippen LogP contribution in [0.5, 0.6) is 5.75 Å². The average Bonchev–Trinajstić information content (AvgIpc) is 2.96. The van der Waals surface area contributed by atoms with Gasteiger partial charge in [0.15, 0.2) is 0 Å². The Morgan fingerprint density at radius 1 is 0.975 bits per heavy atom. The van der Waals surface area contributed by atoms with Crippen molar-refractivity contribution in [3.63, 3.8) is 0 Å². The SMILES string of the molecule is CCCCNC(=O)C(C)N(Cc1cccc(OC)c1)C(=O)CN(c1cccc(C)c1C)S(=O)(=O)c1ccccc1. The summed E-state index contributed by atoms with van der Waals surface area (Å²) < 4.78 is 34.4. The molecule has 0 aliphatic heterocycles. The first-order chi connectivity index (χ1) is 19.1. The summed E-state index contributed by atoms with van der Waals surface area (Å²) in [4.78, 5) is 28.6. The summed E-state index contributed by atoms with van der Waals surface area (Å²) in [5.41, 5.74) is 2.82. The van der Waals surface area contributed by atoms with Gasteiger partial charge in [-0.25, -0.2) is 8.42 Å². The van der Waals surface area contributed by atoms with Crippen molar-refractivity contribution < 1.29 is 22.7 Å². The van der Waals surface area contributed by atoms with Gasteiger partial charge in [0.05, 0.1) is 17.7 Å². The van der Waals surface area contributed by atoms with E-state index in [1.807, 2.05) is 39.0 Å². The quantitative estimate of drug-likeness (QED) is 0.299. The van der Waals surface area contributed by atoms with Gasteiger partial charge >= 0.3 is 0 Å². The minimum atomic E-state index is -4.10. The highest BCUT2D eigenvalue weighted by Gasteiger charge is 2.33. The summed E-state index contributed by atoms with van der Waals surface area (Å²) in [5.74, 6) is -0.177. The molecule has 3 aromatic rings. The maximum atomic E-state index is 14.0. The van der Waals surface area contributed by atoms with Crippen molar-refractivity contribution in [2.45, 2.75) is 58.0 Å². The van der Waals surface area contributed by atoms with Crippen LogP contribution in [-0.2, 0) is 26.2 Å². The lowest BCUT2D eigenvalue weighted by molar-refractivity contribution is -0.139. The molecule has 0 aromatic heterocycles. The van der Waals surface area contributed by atoms with E-state index >= 15 is 0 Å². The number of hydrogen-bond acceptors (Lipinski definition) is 5. The third-order valence-electron chi connectivity index (χ3n) is 6.94. The number of carbonyl (C=O) groups excluding carboxylic acids is 2. The molecule has 9 heteroatoms. The molecule has 0 saturated carbocycles. The molecule has 3 rings (SSSR count). The van der Waals surface area contributed by atoms with E-state index in [1.165, 1.54) is 17.0 Å². The maximum Gasteiger partial charge on any atom is 0.264 e. The number of benzene rings is 3. The average molecular weight is 566 g/mol. The van der Waals surface area contributed by atoms with Gasteiger partial charge in [0.1, 0.15) is 18.3 Å². The molecule has 0 fully saturated rings. The van der Waals surface area contributed by atoms with Crippen LogP contribution in [0, 0.1) is 13.8 Å². The van der Waals surface area contributed by atoms with Crippen molar-refractivity contribution >= 4 is 27.5 Å². The molecule has 0 aliphatic rings. The lowest BCUT2D eigenvalue weighted by Crippen LogP contribution is -2.51. The fourth-order valence-electron chi connectivity index (χ4n) is 4.33. The molecule has 0 radical (unpaired) electrons. The van der Waals surface area contributed by atoms with E-state index in [0.29, 0.717) is 18.0 Å². The number of nitrogens with zero attached hydrogens (tertiary/aromatic N) is 2. The normalized spacial score (nSPS) is 11.9. The number of methoxy groups -OCH3 is 1. The van der Waals surface area contributed by atoms with Crippen LogP contribution >= 0.6 is 0 Å². The zero-order chi connectivity index (χ0) is 29.3. The van der Waals surface area contributed by atoms with Crippen LogP contribution in [-0.4, -0.2) is 51.4 Å². The van der Waals surface area contributed by atoms with Crippen LogP contribution in [0.4, 0.5) is 5.69 Å². The lowest BCUT2D eigenvalue weighted by atomic mass is 10.1. The molecule has 0 aliphatic carbocycles. The maximum absolute atomic E-state index is 14.0. The van der Waals surface area contributed by atoms with Gasteiger partial charge in [-0.1, -0.05) is 55.8 Å². The van der Waals surface area contributed by atoms with Crippen molar-refractivity contribution in [3.8, 4) is 5.75 Å². The van der Waals surface area contributed by atoms with Crippen LogP contribution in [0.1, 0.15) is 43.4 Å². The highest BCUT2D eigenvalue weighted by molar-refractivity contribution is 7.92. The fraction of sp³-hybridized carbons (Fsp3) is 0.355. The zero-order valence-electron chi connectivity index (χ0n) is 23.9. The van der Waals surface area contributed by atoms with Gasteiger partial charge in [-0.2, -0.15) is 0 Å². The first kappa shape index (κ1) is 30.7. The standard InChI is InChI=1S/C31H39N3O5S/c1-6-7-19-32-31(36)25(4)33(21-26-14-12-15-27(20-26)39-5)30(35)22-34(29-18-11-13-23(2)24(29)3)40(37,38)28-16-9-8-10-17-28/h8-18,20,25H,6-7,19,21-22H2,1-5H3,(H,32,36). The third-order valence-corrected chi connectivity index (χ3v) is 8.71. The minimum absolute atomic E-state index is 0.0772. The molecule has 2 amide bonds. The van der Waals surface area contributed by atoms with Gasteiger partial charge in [0, 0.05) is 13.1 Å². The molecule has 214 valence electrons. The third kappa shape index (κ3) is 7.41. The van der Waals surface area contributed by atoms with Gasteiger partial charge in [-0.05, 0) is 74.2 Å². The summed E-state index contributed by atoms with van der Waals surface area (Å²) in [6.45, 7) is 7.54. The van der Waals surface area contributed by atoms with Gasteiger partial charge < -0.3 is 15.0 Å². The molecule has 8 nitrogen and oxygen atoms in total. The predicted molar refractivity (Wildman–Crippen MR) is 158 cm³/mol. The van der Waals surface area contributed by atoms with E-state index in [1.54, 1.807) is 56.5 Å². The molecular weight excluding hydrogens is 526 g/mol. The molecule has 1 atom stereocenters. The summed E-state index contributed by atoms with van der Waals surface area (Å²) in [6.07, 6.45) is 1.74. The lowest BCUT2D eigenvalue weighted by Gasteiger charge is -2.32. The summed E-state index contributed by atoms with van der Waals surface area (Å²) >= 11 is 0. The first-order valence-corrected chi connectivity index (χ1v) is 14.9. The summed E-state index contributed by atoms with van der Waals surface area (Å²) in [6, 6.07) is 19.8. The number of sulfonamides is 1. The predicted octanol–water partition coefficient (Wildman–Crippen LogP) is 4.84. The molecular formula is C31H39N3O5S. The van der Waals surface area contributed by atoms with Gasteiger partial charge in [-0.15, -0.1) is 0 Å². The van der Waals surface area contributed by atoms with Crippen molar-refractivity contribution in [1.29, 1.82) is 0 Å². The number of unbranched alkanes of at least 4 members (excludes halogenated alkanes) is 1. The number of carbonyl (C=O) groups is 2. The molecule has 0 saturated heterocycles. The van der Waals surface area contributed by atoms with Crippen LogP contribution in [0.25, 0.3) is 0 Å². The number of rotatable bonds is 13. The molecule has 0 spiro atoms. The second-order valence-electron chi connectivity index (χ2n) is 9.74. The largest absolute Gasteiger partial charge is 0.497 e.